The molecule has 0 radical (unpaired) electrons. The Labute approximate surface area is 216 Å². The number of benzene rings is 2. The number of hydrogen-bond donors (Lipinski definition) is 0. The van der Waals surface area contributed by atoms with Gasteiger partial charge in [0.1, 0.15) is 0 Å². The van der Waals surface area contributed by atoms with Gasteiger partial charge in [0.2, 0.25) is 0 Å². The first kappa shape index (κ1) is 23.0. The fraction of sp³-hybridized carbons (Fsp3) is 0.200. The zero-order valence-corrected chi connectivity index (χ0v) is 26.1. The molecular formula is C15H7Br9. The molecule has 0 bridgehead atoms. The molecule has 9 heteroatoms. The van der Waals surface area contributed by atoms with E-state index in [1.54, 1.807) is 0 Å². The van der Waals surface area contributed by atoms with Gasteiger partial charge in [-0.15, -0.1) is 0 Å². The molecule has 0 saturated carbocycles. The highest BCUT2D eigenvalue weighted by Crippen LogP contribution is 2.46. The lowest BCUT2D eigenvalue weighted by Gasteiger charge is -2.17. The van der Waals surface area contributed by atoms with Crippen LogP contribution in [0.5, 0.6) is 0 Å². The van der Waals surface area contributed by atoms with Crippen molar-refractivity contribution < 1.29 is 0 Å². The molecule has 0 unspecified atom stereocenters. The zero-order valence-electron chi connectivity index (χ0n) is 11.8. The molecule has 2 rings (SSSR count). The van der Waals surface area contributed by atoms with E-state index in [9.17, 15) is 0 Å². The predicted molar refractivity (Wildman–Crippen MR) is 134 cm³/mol. The molecule has 0 saturated heterocycles. The summed E-state index contributed by atoms with van der Waals surface area (Å²) in [5, 5.41) is 0. The van der Waals surface area contributed by atoms with Crippen LogP contribution >= 0.6 is 143 Å². The highest BCUT2D eigenvalue weighted by Gasteiger charge is 2.20. The van der Waals surface area contributed by atoms with E-state index in [-0.39, 0.29) is 0 Å². The highest BCUT2D eigenvalue weighted by atomic mass is 79.9. The number of rotatable bonds is 3. The van der Waals surface area contributed by atoms with E-state index in [2.05, 4.69) is 150 Å². The molecule has 0 spiro atoms. The van der Waals surface area contributed by atoms with Crippen LogP contribution in [0.1, 0.15) is 16.7 Å². The third-order valence-electron chi connectivity index (χ3n) is 3.50. The van der Waals surface area contributed by atoms with E-state index < -0.39 is 0 Å². The fourth-order valence-electron chi connectivity index (χ4n) is 2.15. The smallest absolute Gasteiger partial charge is 0.0482 e. The summed E-state index contributed by atoms with van der Waals surface area (Å²) in [7, 11) is 0. The Bertz CT molecular complexity index is 699. The van der Waals surface area contributed by atoms with Crippen LogP contribution in [0, 0.1) is 6.92 Å². The predicted octanol–water partition coefficient (Wildman–Crippen LogP) is 10.6. The molecule has 0 aromatic heterocycles. The van der Waals surface area contributed by atoms with Gasteiger partial charge in [-0.25, -0.2) is 0 Å². The van der Waals surface area contributed by atoms with Gasteiger partial charge in [0.05, 0.1) is 0 Å². The maximum Gasteiger partial charge on any atom is 0.0482 e. The van der Waals surface area contributed by atoms with Crippen molar-refractivity contribution >= 4 is 143 Å². The Balaban J connectivity index is 2.48. The Morgan fingerprint density at radius 2 is 0.708 bits per heavy atom. The first-order chi connectivity index (χ1) is 11.1. The first-order valence-electron chi connectivity index (χ1n) is 6.41. The summed E-state index contributed by atoms with van der Waals surface area (Å²) in [6.07, 6.45) is 1.75. The quantitative estimate of drug-likeness (QED) is 0.213. The lowest BCUT2D eigenvalue weighted by molar-refractivity contribution is 0.928. The third-order valence-corrected chi connectivity index (χ3v) is 14.6. The summed E-state index contributed by atoms with van der Waals surface area (Å²) in [6, 6.07) is 0. The normalized spacial score (nSPS) is 11.2. The monoisotopic (exact) mass is 897 g/mol. The fourth-order valence-corrected chi connectivity index (χ4v) is 8.60. The molecule has 0 aliphatic carbocycles. The van der Waals surface area contributed by atoms with Crippen molar-refractivity contribution in [1.82, 2.24) is 0 Å². The summed E-state index contributed by atoms with van der Waals surface area (Å²) in [5.74, 6) is 0. The molecule has 0 atom stereocenters. The minimum atomic E-state index is 0.871. The van der Waals surface area contributed by atoms with Gasteiger partial charge in [-0.05, 0) is 164 Å². The summed E-state index contributed by atoms with van der Waals surface area (Å²) < 4.78 is 9.35. The van der Waals surface area contributed by atoms with Crippen molar-refractivity contribution in [3.8, 4) is 0 Å². The Morgan fingerprint density at radius 1 is 0.417 bits per heavy atom. The molecular weight excluding hydrogens is 899 g/mol. The van der Waals surface area contributed by atoms with Gasteiger partial charge >= 0.3 is 0 Å². The summed E-state index contributed by atoms with van der Waals surface area (Å²) in [4.78, 5) is 0. The topological polar surface area (TPSA) is 0 Å². The molecule has 0 nitrogen and oxygen atoms in total. The van der Waals surface area contributed by atoms with E-state index in [0.717, 1.165) is 53.1 Å². The Kier molecular flexibility index (Phi) is 9.13. The lowest BCUT2D eigenvalue weighted by Crippen LogP contribution is -2.00. The van der Waals surface area contributed by atoms with Crippen LogP contribution in [0.25, 0.3) is 0 Å². The van der Waals surface area contributed by atoms with Crippen LogP contribution in [-0.4, -0.2) is 0 Å². The third kappa shape index (κ3) is 4.50. The molecule has 0 N–H and O–H groups in total. The Hall–Kier alpha value is 2.76. The van der Waals surface area contributed by atoms with Crippen molar-refractivity contribution in [2.75, 3.05) is 0 Å². The minimum absolute atomic E-state index is 0.871. The lowest BCUT2D eigenvalue weighted by atomic mass is 10.0. The molecule has 0 aliphatic rings. The molecule has 24 heavy (non-hydrogen) atoms. The minimum Gasteiger partial charge on any atom is -0.0502 e. The molecule has 0 aliphatic heterocycles. The van der Waals surface area contributed by atoms with Crippen molar-refractivity contribution in [3.63, 3.8) is 0 Å². The molecule has 2 aromatic carbocycles. The molecule has 0 fully saturated rings. The van der Waals surface area contributed by atoms with Crippen LogP contribution in [0.2, 0.25) is 0 Å². The van der Waals surface area contributed by atoms with Crippen molar-refractivity contribution in [3.05, 3.63) is 56.9 Å². The maximum atomic E-state index is 3.74. The first-order valence-corrected chi connectivity index (χ1v) is 13.5. The average molecular weight is 906 g/mol. The standard InChI is InChI=1S/C15H7Br9/c1-4-7(16)5(9(18)12(21)8(4)17)2-3-6-10(19)13(22)15(24)14(23)11(6)20/h2-3H2,1H3. The maximum absolute atomic E-state index is 3.74. The van der Waals surface area contributed by atoms with Crippen LogP contribution in [-0.2, 0) is 12.8 Å². The number of halogens is 9. The molecule has 130 valence electrons. The van der Waals surface area contributed by atoms with Gasteiger partial charge in [-0.3, -0.25) is 0 Å². The van der Waals surface area contributed by atoms with Gasteiger partial charge in [0, 0.05) is 40.3 Å². The van der Waals surface area contributed by atoms with Crippen LogP contribution in [0.4, 0.5) is 0 Å². The second-order valence-corrected chi connectivity index (χ2v) is 12.0. The van der Waals surface area contributed by atoms with E-state index in [4.69, 9.17) is 0 Å². The van der Waals surface area contributed by atoms with Crippen molar-refractivity contribution in [1.29, 1.82) is 0 Å². The average Bonchev–Trinajstić information content (AvgIpc) is 2.57. The van der Waals surface area contributed by atoms with E-state index in [1.807, 2.05) is 0 Å². The molecule has 2 aromatic rings. The van der Waals surface area contributed by atoms with Crippen LogP contribution in [0.3, 0.4) is 0 Å². The largest absolute Gasteiger partial charge is 0.0502 e. The number of hydrogen-bond acceptors (Lipinski definition) is 0. The van der Waals surface area contributed by atoms with Gasteiger partial charge in [0.25, 0.3) is 0 Å². The Morgan fingerprint density at radius 3 is 1.12 bits per heavy atom. The van der Waals surface area contributed by atoms with Crippen LogP contribution in [0.15, 0.2) is 40.3 Å². The van der Waals surface area contributed by atoms with Crippen LogP contribution < -0.4 is 0 Å². The second-order valence-electron chi connectivity index (χ2n) is 4.91. The van der Waals surface area contributed by atoms with Gasteiger partial charge in [-0.2, -0.15) is 0 Å². The zero-order chi connectivity index (χ0) is 18.3. The highest BCUT2D eigenvalue weighted by molar-refractivity contribution is 9.16. The summed E-state index contributed by atoms with van der Waals surface area (Å²) in [6.45, 7) is 2.09. The van der Waals surface area contributed by atoms with E-state index in [1.165, 1.54) is 16.7 Å². The van der Waals surface area contributed by atoms with E-state index in [0.29, 0.717) is 0 Å². The van der Waals surface area contributed by atoms with Crippen molar-refractivity contribution in [2.45, 2.75) is 19.8 Å². The van der Waals surface area contributed by atoms with Gasteiger partial charge in [-0.1, -0.05) is 15.9 Å². The SMILES string of the molecule is Cc1c(Br)c(Br)c(Br)c(CCc2c(Br)c(Br)c(Br)c(Br)c2Br)c1Br. The second kappa shape index (κ2) is 9.51. The van der Waals surface area contributed by atoms with E-state index >= 15 is 0 Å². The van der Waals surface area contributed by atoms with Gasteiger partial charge < -0.3 is 0 Å². The molecule has 0 amide bonds. The summed E-state index contributed by atoms with van der Waals surface area (Å²) >= 11 is 32.9. The molecule has 0 heterocycles. The van der Waals surface area contributed by atoms with Gasteiger partial charge in [0.15, 0.2) is 0 Å². The van der Waals surface area contributed by atoms with Crippen molar-refractivity contribution in [2.24, 2.45) is 0 Å². The summed E-state index contributed by atoms with van der Waals surface area (Å²) in [5.41, 5.74) is 3.61.